The molecule has 0 spiro atoms. The third-order valence-corrected chi connectivity index (χ3v) is 8.05. The smallest absolute Gasteiger partial charge is 0.192 e. The molecule has 1 aromatic rings. The summed E-state index contributed by atoms with van der Waals surface area (Å²) in [6.07, 6.45) is 3.44. The van der Waals surface area contributed by atoms with Gasteiger partial charge in [0.15, 0.2) is 8.32 Å². The van der Waals surface area contributed by atoms with E-state index in [9.17, 15) is 5.11 Å². The summed E-state index contributed by atoms with van der Waals surface area (Å²) in [5.41, 5.74) is 1.89. The van der Waals surface area contributed by atoms with E-state index in [0.717, 1.165) is 11.1 Å². The van der Waals surface area contributed by atoms with Gasteiger partial charge in [0.05, 0.1) is 13.2 Å². The van der Waals surface area contributed by atoms with Crippen molar-refractivity contribution in [3.63, 3.8) is 0 Å². The second-order valence-electron chi connectivity index (χ2n) is 5.85. The van der Waals surface area contributed by atoms with E-state index in [-0.39, 0.29) is 11.6 Å². The highest BCUT2D eigenvalue weighted by Gasteiger charge is 2.37. The van der Waals surface area contributed by atoms with Crippen LogP contribution in [0.15, 0.2) is 18.5 Å². The molecule has 0 saturated heterocycles. The van der Waals surface area contributed by atoms with Gasteiger partial charge >= 0.3 is 0 Å². The Labute approximate surface area is 105 Å². The highest BCUT2D eigenvalue weighted by atomic mass is 28.4. The largest absolute Gasteiger partial charge is 0.413 e. The topological polar surface area (TPSA) is 42.4 Å². The van der Waals surface area contributed by atoms with Crippen molar-refractivity contribution in [2.75, 3.05) is 0 Å². The first kappa shape index (κ1) is 14.3. The first-order valence-corrected chi connectivity index (χ1v) is 8.85. The molecule has 96 valence electrons. The van der Waals surface area contributed by atoms with Crippen LogP contribution in [0.25, 0.3) is 0 Å². The summed E-state index contributed by atoms with van der Waals surface area (Å²) in [7, 11) is -1.73. The predicted octanol–water partition coefficient (Wildman–Crippen LogP) is 3.10. The van der Waals surface area contributed by atoms with E-state index < -0.39 is 8.32 Å². The Balaban J connectivity index is 2.74. The zero-order valence-corrected chi connectivity index (χ0v) is 12.4. The average Bonchev–Trinajstić information content (AvgIpc) is 2.25. The minimum atomic E-state index is -1.73. The van der Waals surface area contributed by atoms with Crippen molar-refractivity contribution in [1.82, 2.24) is 4.98 Å². The molecule has 1 rings (SSSR count). The number of aliphatic hydroxyl groups is 1. The minimum Gasteiger partial charge on any atom is -0.413 e. The molecule has 0 radical (unpaired) electrons. The summed E-state index contributed by atoms with van der Waals surface area (Å²) in [6.45, 7) is 11.7. The Kier molecular flexibility index (Phi) is 4.46. The molecule has 0 bridgehead atoms. The lowest BCUT2D eigenvalue weighted by atomic mass is 10.2. The average molecular weight is 253 g/mol. The minimum absolute atomic E-state index is 0.0179. The Hall–Kier alpha value is -0.713. The van der Waals surface area contributed by atoms with Crippen molar-refractivity contribution < 1.29 is 9.53 Å². The lowest BCUT2D eigenvalue weighted by Gasteiger charge is -2.36. The fourth-order valence-electron chi connectivity index (χ4n) is 1.21. The molecule has 0 aliphatic rings. The number of hydrogen-bond acceptors (Lipinski definition) is 3. The highest BCUT2D eigenvalue weighted by molar-refractivity contribution is 6.74. The third-order valence-electron chi connectivity index (χ3n) is 3.57. The Bertz CT molecular complexity index is 372. The van der Waals surface area contributed by atoms with Crippen LogP contribution in [0.2, 0.25) is 18.1 Å². The molecule has 0 amide bonds. The number of rotatable bonds is 4. The van der Waals surface area contributed by atoms with Gasteiger partial charge in [0, 0.05) is 18.0 Å². The number of nitrogens with zero attached hydrogens (tertiary/aromatic N) is 1. The fraction of sp³-hybridized carbons (Fsp3) is 0.615. The van der Waals surface area contributed by atoms with Crippen LogP contribution in [0.1, 0.15) is 31.9 Å². The molecule has 0 fully saturated rings. The Morgan fingerprint density at radius 1 is 1.29 bits per heavy atom. The third kappa shape index (κ3) is 3.62. The van der Waals surface area contributed by atoms with Gasteiger partial charge in [-0.25, -0.2) is 0 Å². The van der Waals surface area contributed by atoms with Gasteiger partial charge in [-0.15, -0.1) is 0 Å². The quantitative estimate of drug-likeness (QED) is 0.838. The zero-order valence-electron chi connectivity index (χ0n) is 11.4. The fourth-order valence-corrected chi connectivity index (χ4v) is 2.16. The highest BCUT2D eigenvalue weighted by Crippen LogP contribution is 2.37. The second kappa shape index (κ2) is 5.29. The molecule has 17 heavy (non-hydrogen) atoms. The predicted molar refractivity (Wildman–Crippen MR) is 72.1 cm³/mol. The van der Waals surface area contributed by atoms with Gasteiger partial charge in [-0.05, 0) is 29.8 Å². The molecule has 0 unspecified atom stereocenters. The van der Waals surface area contributed by atoms with Gasteiger partial charge in [-0.1, -0.05) is 20.8 Å². The molecule has 4 heteroatoms. The van der Waals surface area contributed by atoms with Crippen molar-refractivity contribution in [2.24, 2.45) is 0 Å². The van der Waals surface area contributed by atoms with Crippen molar-refractivity contribution in [3.8, 4) is 0 Å². The number of pyridine rings is 1. The van der Waals surface area contributed by atoms with Gasteiger partial charge < -0.3 is 9.53 Å². The van der Waals surface area contributed by atoms with Gasteiger partial charge in [0.25, 0.3) is 0 Å². The molecule has 1 heterocycles. The summed E-state index contributed by atoms with van der Waals surface area (Å²) in [5.74, 6) is 0. The molecule has 0 aliphatic heterocycles. The summed E-state index contributed by atoms with van der Waals surface area (Å²) < 4.78 is 6.12. The summed E-state index contributed by atoms with van der Waals surface area (Å²) in [6, 6.07) is 1.92. The first-order valence-electron chi connectivity index (χ1n) is 5.94. The maximum atomic E-state index is 9.22. The van der Waals surface area contributed by atoms with Crippen molar-refractivity contribution in [3.05, 3.63) is 29.6 Å². The Morgan fingerprint density at radius 3 is 2.47 bits per heavy atom. The second-order valence-corrected chi connectivity index (χ2v) is 10.7. The van der Waals surface area contributed by atoms with Crippen LogP contribution in [-0.4, -0.2) is 18.4 Å². The molecule has 1 aromatic heterocycles. The van der Waals surface area contributed by atoms with E-state index in [2.05, 4.69) is 38.8 Å². The standard InChI is InChI=1S/C13H23NO2Si/c1-13(2,3)17(4,5)16-10-11-6-7-14-8-12(11)9-15/h6-8,15H,9-10H2,1-5H3. The number of aromatic nitrogens is 1. The van der Waals surface area contributed by atoms with Gasteiger partial charge in [-0.3, -0.25) is 4.98 Å². The summed E-state index contributed by atoms with van der Waals surface area (Å²) >= 11 is 0. The van der Waals surface area contributed by atoms with Crippen LogP contribution in [0, 0.1) is 0 Å². The first-order chi connectivity index (χ1) is 7.78. The molecular weight excluding hydrogens is 230 g/mol. The summed E-state index contributed by atoms with van der Waals surface area (Å²) in [5, 5.41) is 9.43. The Morgan fingerprint density at radius 2 is 1.94 bits per heavy atom. The van der Waals surface area contributed by atoms with Gasteiger partial charge in [-0.2, -0.15) is 0 Å². The number of aliphatic hydroxyl groups excluding tert-OH is 1. The molecule has 0 aromatic carbocycles. The molecule has 0 saturated carbocycles. The van der Waals surface area contributed by atoms with Crippen molar-refractivity contribution >= 4 is 8.32 Å². The zero-order chi connectivity index (χ0) is 13.1. The van der Waals surface area contributed by atoms with Crippen LogP contribution in [0.4, 0.5) is 0 Å². The normalized spacial score (nSPS) is 12.8. The van der Waals surface area contributed by atoms with Gasteiger partial charge in [0.1, 0.15) is 0 Å². The van der Waals surface area contributed by atoms with Crippen molar-refractivity contribution in [1.29, 1.82) is 0 Å². The molecule has 0 atom stereocenters. The maximum absolute atomic E-state index is 9.22. The maximum Gasteiger partial charge on any atom is 0.192 e. The van der Waals surface area contributed by atoms with Crippen LogP contribution in [-0.2, 0) is 17.6 Å². The lowest BCUT2D eigenvalue weighted by Crippen LogP contribution is -2.40. The van der Waals surface area contributed by atoms with E-state index in [1.54, 1.807) is 12.4 Å². The van der Waals surface area contributed by atoms with Crippen LogP contribution in [0.5, 0.6) is 0 Å². The SMILES string of the molecule is CC(C)(C)[Si](C)(C)OCc1ccncc1CO. The molecule has 1 N–H and O–H groups in total. The summed E-state index contributed by atoms with van der Waals surface area (Å²) in [4.78, 5) is 4.01. The van der Waals surface area contributed by atoms with Crippen molar-refractivity contribution in [2.45, 2.75) is 52.1 Å². The van der Waals surface area contributed by atoms with E-state index >= 15 is 0 Å². The molecule has 0 aliphatic carbocycles. The van der Waals surface area contributed by atoms with E-state index in [1.807, 2.05) is 6.07 Å². The van der Waals surface area contributed by atoms with Gasteiger partial charge in [0.2, 0.25) is 0 Å². The number of hydrogen-bond donors (Lipinski definition) is 1. The van der Waals surface area contributed by atoms with Crippen LogP contribution < -0.4 is 0 Å². The van der Waals surface area contributed by atoms with Crippen LogP contribution >= 0.6 is 0 Å². The van der Waals surface area contributed by atoms with E-state index in [1.165, 1.54) is 0 Å². The molecular formula is C13H23NO2Si. The van der Waals surface area contributed by atoms with E-state index in [4.69, 9.17) is 4.43 Å². The lowest BCUT2D eigenvalue weighted by molar-refractivity contribution is 0.258. The van der Waals surface area contributed by atoms with Crippen LogP contribution in [0.3, 0.4) is 0 Å². The molecule has 3 nitrogen and oxygen atoms in total. The van der Waals surface area contributed by atoms with E-state index in [0.29, 0.717) is 6.61 Å². The monoisotopic (exact) mass is 253 g/mol.